The summed E-state index contributed by atoms with van der Waals surface area (Å²) in [7, 11) is 1.19. The van der Waals surface area contributed by atoms with E-state index in [1.165, 1.54) is 13.3 Å². The number of rotatable bonds is 5. The van der Waals surface area contributed by atoms with Crippen LogP contribution >= 0.6 is 0 Å². The van der Waals surface area contributed by atoms with Crippen molar-refractivity contribution in [1.82, 2.24) is 4.98 Å². The second kappa shape index (κ2) is 5.56. The number of ether oxygens (including phenoxy) is 2. The van der Waals surface area contributed by atoms with Crippen LogP contribution < -0.4 is 4.74 Å². The van der Waals surface area contributed by atoms with Gasteiger partial charge in [-0.3, -0.25) is 4.79 Å². The molecule has 0 fully saturated rings. The molecule has 0 amide bonds. The van der Waals surface area contributed by atoms with Gasteiger partial charge in [0.2, 0.25) is 0 Å². The summed E-state index contributed by atoms with van der Waals surface area (Å²) < 4.78 is 9.96. The molecule has 1 aromatic carbocycles. The molecule has 0 spiro atoms. The van der Waals surface area contributed by atoms with Gasteiger partial charge in [-0.2, -0.15) is 0 Å². The van der Waals surface area contributed by atoms with E-state index in [2.05, 4.69) is 9.72 Å². The molecular weight excluding hydrogens is 246 g/mol. The number of aromatic nitrogens is 1. The van der Waals surface area contributed by atoms with Crippen LogP contribution in [0.25, 0.3) is 10.9 Å². The maximum absolute atomic E-state index is 11.8. The lowest BCUT2D eigenvalue weighted by Gasteiger charge is -2.04. The molecule has 5 heteroatoms. The highest BCUT2D eigenvalue weighted by atomic mass is 16.5. The molecule has 0 radical (unpaired) electrons. The number of hydrogen-bond acceptors (Lipinski definition) is 4. The summed E-state index contributed by atoms with van der Waals surface area (Å²) >= 11 is 0. The number of ketones is 1. The van der Waals surface area contributed by atoms with Crippen molar-refractivity contribution in [2.24, 2.45) is 0 Å². The maximum atomic E-state index is 11.8. The molecule has 100 valence electrons. The van der Waals surface area contributed by atoms with Crippen LogP contribution in [0.4, 0.5) is 0 Å². The maximum Gasteiger partial charge on any atom is 0.379 e. The molecular formula is C14H15NO4. The third kappa shape index (κ3) is 2.59. The predicted molar refractivity (Wildman–Crippen MR) is 70.4 cm³/mol. The average Bonchev–Trinajstić information content (AvgIpc) is 2.86. The number of Topliss-reactive ketones (excluding diaryl/α,β-unsaturated/α-hetero) is 1. The normalized spacial score (nSPS) is 10.4. The highest BCUT2D eigenvalue weighted by molar-refractivity contribution is 6.42. The highest BCUT2D eigenvalue weighted by Crippen LogP contribution is 2.24. The Balaban J connectivity index is 2.39. The van der Waals surface area contributed by atoms with Crippen LogP contribution in [0, 0.1) is 0 Å². The molecule has 0 aliphatic rings. The first-order valence-electron chi connectivity index (χ1n) is 6.04. The molecule has 1 aromatic heterocycles. The minimum atomic E-state index is -0.874. The van der Waals surface area contributed by atoms with E-state index in [0.717, 1.165) is 11.9 Å². The summed E-state index contributed by atoms with van der Waals surface area (Å²) in [5.41, 5.74) is 1.07. The van der Waals surface area contributed by atoms with E-state index >= 15 is 0 Å². The number of methoxy groups -OCH3 is 1. The van der Waals surface area contributed by atoms with E-state index in [-0.39, 0.29) is 0 Å². The summed E-state index contributed by atoms with van der Waals surface area (Å²) in [6, 6.07) is 5.38. The lowest BCUT2D eigenvalue weighted by molar-refractivity contribution is -0.135. The topological polar surface area (TPSA) is 68.4 Å². The third-order valence-electron chi connectivity index (χ3n) is 2.74. The summed E-state index contributed by atoms with van der Waals surface area (Å²) in [4.78, 5) is 26.1. The van der Waals surface area contributed by atoms with Gasteiger partial charge in [-0.05, 0) is 24.6 Å². The van der Waals surface area contributed by atoms with Gasteiger partial charge in [0.25, 0.3) is 5.78 Å². The molecule has 1 N–H and O–H groups in total. The Bertz CT molecular complexity index is 615. The zero-order valence-electron chi connectivity index (χ0n) is 10.9. The van der Waals surface area contributed by atoms with E-state index < -0.39 is 11.8 Å². The SMILES string of the molecule is CCCOc1ccc2[nH]cc(C(=O)C(=O)OC)c2c1. The van der Waals surface area contributed by atoms with E-state index in [1.54, 1.807) is 6.07 Å². The van der Waals surface area contributed by atoms with E-state index in [9.17, 15) is 9.59 Å². The number of nitrogens with one attached hydrogen (secondary N) is 1. The first-order chi connectivity index (χ1) is 9.17. The van der Waals surface area contributed by atoms with Crippen molar-refractivity contribution in [3.8, 4) is 5.75 Å². The first-order valence-corrected chi connectivity index (χ1v) is 6.04. The van der Waals surface area contributed by atoms with Crippen molar-refractivity contribution in [1.29, 1.82) is 0 Å². The fourth-order valence-corrected chi connectivity index (χ4v) is 1.80. The van der Waals surface area contributed by atoms with Crippen molar-refractivity contribution in [3.05, 3.63) is 30.0 Å². The molecule has 0 atom stereocenters. The Morgan fingerprint density at radius 3 is 2.79 bits per heavy atom. The van der Waals surface area contributed by atoms with Crippen LogP contribution in [0.2, 0.25) is 0 Å². The standard InChI is InChI=1S/C14H15NO4/c1-3-6-19-9-4-5-12-10(7-9)11(8-15-12)13(16)14(17)18-2/h4-5,7-8,15H,3,6H2,1-2H3. The van der Waals surface area contributed by atoms with E-state index in [1.807, 2.05) is 19.1 Å². The highest BCUT2D eigenvalue weighted by Gasteiger charge is 2.20. The molecule has 0 saturated carbocycles. The molecule has 0 aliphatic carbocycles. The Hall–Kier alpha value is -2.30. The molecule has 2 rings (SSSR count). The Labute approximate surface area is 110 Å². The van der Waals surface area contributed by atoms with Gasteiger partial charge in [0.15, 0.2) is 0 Å². The number of H-pyrrole nitrogens is 1. The van der Waals surface area contributed by atoms with Crippen molar-refractivity contribution in [2.45, 2.75) is 13.3 Å². The minimum absolute atomic E-state index is 0.295. The van der Waals surface area contributed by atoms with Gasteiger partial charge < -0.3 is 14.5 Å². The predicted octanol–water partition coefficient (Wildman–Crippen LogP) is 2.31. The Kier molecular flexibility index (Phi) is 3.85. The lowest BCUT2D eigenvalue weighted by Crippen LogP contribution is -2.15. The molecule has 0 aliphatic heterocycles. The fourth-order valence-electron chi connectivity index (χ4n) is 1.80. The molecule has 0 unspecified atom stereocenters. The second-order valence-electron chi connectivity index (χ2n) is 4.08. The van der Waals surface area contributed by atoms with Gasteiger partial charge in [0, 0.05) is 17.1 Å². The van der Waals surface area contributed by atoms with Crippen LogP contribution in [-0.4, -0.2) is 30.5 Å². The summed E-state index contributed by atoms with van der Waals surface area (Å²) in [6.07, 6.45) is 2.41. The smallest absolute Gasteiger partial charge is 0.379 e. The number of esters is 1. The Morgan fingerprint density at radius 1 is 1.32 bits per heavy atom. The zero-order valence-corrected chi connectivity index (χ0v) is 10.9. The summed E-state index contributed by atoms with van der Waals surface area (Å²) in [6.45, 7) is 2.62. The van der Waals surface area contributed by atoms with Gasteiger partial charge in [-0.15, -0.1) is 0 Å². The largest absolute Gasteiger partial charge is 0.494 e. The number of fused-ring (bicyclic) bond motifs is 1. The lowest BCUT2D eigenvalue weighted by atomic mass is 10.1. The Morgan fingerprint density at radius 2 is 2.11 bits per heavy atom. The number of carbonyl (C=O) groups excluding carboxylic acids is 2. The van der Waals surface area contributed by atoms with Gasteiger partial charge in [0.05, 0.1) is 19.3 Å². The van der Waals surface area contributed by atoms with Crippen LogP contribution in [0.5, 0.6) is 5.75 Å². The molecule has 5 nitrogen and oxygen atoms in total. The first kappa shape index (κ1) is 13.1. The zero-order chi connectivity index (χ0) is 13.8. The molecule has 0 bridgehead atoms. The van der Waals surface area contributed by atoms with Crippen molar-refractivity contribution in [3.63, 3.8) is 0 Å². The van der Waals surface area contributed by atoms with Crippen LogP contribution in [0.15, 0.2) is 24.4 Å². The van der Waals surface area contributed by atoms with Gasteiger partial charge >= 0.3 is 5.97 Å². The van der Waals surface area contributed by atoms with Crippen LogP contribution in [-0.2, 0) is 9.53 Å². The summed E-state index contributed by atoms with van der Waals surface area (Å²) in [5.74, 6) is -0.866. The second-order valence-corrected chi connectivity index (χ2v) is 4.08. The summed E-state index contributed by atoms with van der Waals surface area (Å²) in [5, 5.41) is 0.656. The average molecular weight is 261 g/mol. The minimum Gasteiger partial charge on any atom is -0.494 e. The third-order valence-corrected chi connectivity index (χ3v) is 2.74. The van der Waals surface area contributed by atoms with Gasteiger partial charge in [-0.1, -0.05) is 6.92 Å². The van der Waals surface area contributed by atoms with Gasteiger partial charge in [-0.25, -0.2) is 4.79 Å². The number of hydrogen-bond donors (Lipinski definition) is 1. The van der Waals surface area contributed by atoms with E-state index in [0.29, 0.717) is 23.3 Å². The quantitative estimate of drug-likeness (QED) is 0.509. The molecule has 0 saturated heterocycles. The monoisotopic (exact) mass is 261 g/mol. The number of carbonyl (C=O) groups is 2. The fraction of sp³-hybridized carbons (Fsp3) is 0.286. The molecule has 1 heterocycles. The van der Waals surface area contributed by atoms with Crippen molar-refractivity contribution >= 4 is 22.7 Å². The van der Waals surface area contributed by atoms with Crippen LogP contribution in [0.3, 0.4) is 0 Å². The van der Waals surface area contributed by atoms with Gasteiger partial charge in [0.1, 0.15) is 5.75 Å². The van der Waals surface area contributed by atoms with E-state index in [4.69, 9.17) is 4.74 Å². The number of aromatic amines is 1. The van der Waals surface area contributed by atoms with Crippen molar-refractivity contribution < 1.29 is 19.1 Å². The van der Waals surface area contributed by atoms with Crippen molar-refractivity contribution in [2.75, 3.05) is 13.7 Å². The van der Waals surface area contributed by atoms with Crippen LogP contribution in [0.1, 0.15) is 23.7 Å². The molecule has 2 aromatic rings. The number of benzene rings is 1. The molecule has 19 heavy (non-hydrogen) atoms.